The van der Waals surface area contributed by atoms with Crippen LogP contribution < -0.4 is 11.0 Å². The summed E-state index contributed by atoms with van der Waals surface area (Å²) in [5.41, 5.74) is 0.807. The Hall–Kier alpha value is -2.55. The lowest BCUT2D eigenvalue weighted by Crippen LogP contribution is -2.39. The Morgan fingerprint density at radius 3 is 2.76 bits per heavy atom. The van der Waals surface area contributed by atoms with Crippen molar-refractivity contribution >= 4 is 23.7 Å². The first-order valence-electron chi connectivity index (χ1n) is 8.01. The van der Waals surface area contributed by atoms with Gasteiger partial charge in [-0.15, -0.1) is 5.10 Å². The number of nitrogens with one attached hydrogen (secondary N) is 2. The summed E-state index contributed by atoms with van der Waals surface area (Å²) in [5.74, 6) is -0.287. The van der Waals surface area contributed by atoms with Gasteiger partial charge in [0, 0.05) is 19.6 Å². The summed E-state index contributed by atoms with van der Waals surface area (Å²) in [5, 5.41) is 8.97. The van der Waals surface area contributed by atoms with Crippen molar-refractivity contribution in [1.29, 1.82) is 0 Å². The van der Waals surface area contributed by atoms with Gasteiger partial charge in [-0.1, -0.05) is 42.1 Å². The van der Waals surface area contributed by atoms with E-state index >= 15 is 0 Å². The van der Waals surface area contributed by atoms with Gasteiger partial charge in [0.25, 0.3) is 0 Å². The molecule has 1 aliphatic heterocycles. The molecule has 8 nitrogen and oxygen atoms in total. The van der Waals surface area contributed by atoms with Crippen molar-refractivity contribution in [2.24, 2.45) is 0 Å². The summed E-state index contributed by atoms with van der Waals surface area (Å²) in [7, 11) is 0. The maximum atomic E-state index is 12.4. The third kappa shape index (κ3) is 3.93. The molecule has 3 amide bonds. The average molecular weight is 361 g/mol. The Kier molecular flexibility index (Phi) is 5.22. The van der Waals surface area contributed by atoms with Gasteiger partial charge in [-0.25, -0.2) is 14.7 Å². The van der Waals surface area contributed by atoms with E-state index in [4.69, 9.17) is 0 Å². The van der Waals surface area contributed by atoms with E-state index in [9.17, 15) is 14.4 Å². The highest BCUT2D eigenvalue weighted by Gasteiger charge is 2.31. The third-order valence-corrected chi connectivity index (χ3v) is 5.02. The number of nitrogens with zero attached hydrogens (tertiary/aromatic N) is 3. The molecule has 2 N–H and O–H groups in total. The van der Waals surface area contributed by atoms with Crippen molar-refractivity contribution in [3.05, 3.63) is 46.4 Å². The number of carbonyl (C=O) groups is 2. The van der Waals surface area contributed by atoms with Gasteiger partial charge in [-0.3, -0.25) is 14.3 Å². The first-order valence-corrected chi connectivity index (χ1v) is 8.89. The van der Waals surface area contributed by atoms with Gasteiger partial charge in [0.05, 0.1) is 5.25 Å². The molecule has 1 aromatic heterocycles. The van der Waals surface area contributed by atoms with Crippen molar-refractivity contribution in [3.8, 4) is 0 Å². The molecule has 1 saturated heterocycles. The van der Waals surface area contributed by atoms with E-state index in [0.29, 0.717) is 31.2 Å². The van der Waals surface area contributed by atoms with Crippen molar-refractivity contribution in [1.82, 2.24) is 25.0 Å². The van der Waals surface area contributed by atoms with E-state index in [1.54, 1.807) is 6.92 Å². The fourth-order valence-electron chi connectivity index (χ4n) is 2.59. The molecule has 0 aliphatic carbocycles. The Labute approximate surface area is 148 Å². The number of imide groups is 1. The monoisotopic (exact) mass is 361 g/mol. The summed E-state index contributed by atoms with van der Waals surface area (Å²) in [6.07, 6.45) is 0.685. The van der Waals surface area contributed by atoms with Crippen LogP contribution in [0.25, 0.3) is 0 Å². The smallest absolute Gasteiger partial charge is 0.336 e. The van der Waals surface area contributed by atoms with Crippen molar-refractivity contribution in [2.45, 2.75) is 30.3 Å². The zero-order chi connectivity index (χ0) is 17.8. The number of aryl methyl sites for hydroxylation is 1. The fourth-order valence-corrected chi connectivity index (χ4v) is 3.53. The van der Waals surface area contributed by atoms with E-state index in [0.717, 1.165) is 5.56 Å². The number of urea groups is 1. The molecular formula is C16H19N5O3S. The lowest BCUT2D eigenvalue weighted by Gasteiger charge is -2.17. The van der Waals surface area contributed by atoms with Gasteiger partial charge in [0.1, 0.15) is 0 Å². The van der Waals surface area contributed by atoms with Crippen LogP contribution in [0.4, 0.5) is 4.79 Å². The Balaban J connectivity index is 1.67. The van der Waals surface area contributed by atoms with E-state index in [1.807, 2.05) is 30.3 Å². The largest absolute Gasteiger partial charge is 0.343 e. The highest BCUT2D eigenvalue weighted by atomic mass is 32.2. The summed E-state index contributed by atoms with van der Waals surface area (Å²) in [4.78, 5) is 37.2. The van der Waals surface area contributed by atoms with Crippen LogP contribution in [0.15, 0.2) is 40.3 Å². The van der Waals surface area contributed by atoms with Crippen LogP contribution in [0.1, 0.15) is 12.5 Å². The van der Waals surface area contributed by atoms with Gasteiger partial charge in [0.2, 0.25) is 5.91 Å². The number of hydrogen-bond acceptors (Lipinski definition) is 5. The third-order valence-electron chi connectivity index (χ3n) is 3.94. The van der Waals surface area contributed by atoms with Crippen LogP contribution in [0.3, 0.4) is 0 Å². The average Bonchev–Trinajstić information content (AvgIpc) is 3.19. The quantitative estimate of drug-likeness (QED) is 0.743. The summed E-state index contributed by atoms with van der Waals surface area (Å²) >= 11 is 1.17. The Bertz CT molecular complexity index is 817. The second-order valence-electron chi connectivity index (χ2n) is 5.68. The van der Waals surface area contributed by atoms with E-state index in [-0.39, 0.29) is 17.6 Å². The number of aromatic amines is 1. The van der Waals surface area contributed by atoms with Crippen molar-refractivity contribution in [3.63, 3.8) is 0 Å². The number of benzene rings is 1. The standard InChI is InChI=1S/C16H19N5O3S/c1-11(13(22)20-10-8-17-14(20)23)25-16-19-18-15(24)21(16)9-7-12-5-3-2-4-6-12/h2-6,11H,7-10H2,1H3,(H,17,23)(H,18,24)/t11-/m1/s1. The number of thioether (sulfide) groups is 1. The number of amides is 3. The molecule has 9 heteroatoms. The van der Waals surface area contributed by atoms with Gasteiger partial charge >= 0.3 is 11.7 Å². The number of rotatable bonds is 6. The molecule has 1 aliphatic rings. The fraction of sp³-hybridized carbons (Fsp3) is 0.375. The number of carbonyl (C=O) groups excluding carboxylic acids is 2. The first-order chi connectivity index (χ1) is 12.1. The number of hydrogen-bond donors (Lipinski definition) is 2. The van der Waals surface area contributed by atoms with E-state index < -0.39 is 5.25 Å². The molecule has 132 valence electrons. The van der Waals surface area contributed by atoms with Gasteiger partial charge < -0.3 is 5.32 Å². The molecule has 0 unspecified atom stereocenters. The zero-order valence-corrected chi connectivity index (χ0v) is 14.6. The summed E-state index contributed by atoms with van der Waals surface area (Å²) in [6.45, 7) is 3.00. The minimum Gasteiger partial charge on any atom is -0.336 e. The topological polar surface area (TPSA) is 100 Å². The predicted octanol–water partition coefficient (Wildman–Crippen LogP) is 0.846. The highest BCUT2D eigenvalue weighted by Crippen LogP contribution is 2.22. The van der Waals surface area contributed by atoms with Crippen LogP contribution in [0, 0.1) is 0 Å². The summed E-state index contributed by atoms with van der Waals surface area (Å²) < 4.78 is 1.52. The maximum absolute atomic E-state index is 12.4. The molecule has 25 heavy (non-hydrogen) atoms. The number of H-pyrrole nitrogens is 1. The molecular weight excluding hydrogens is 342 g/mol. The molecule has 1 atom stereocenters. The number of aromatic nitrogens is 3. The lowest BCUT2D eigenvalue weighted by atomic mass is 10.1. The molecule has 2 aromatic rings. The van der Waals surface area contributed by atoms with Crippen LogP contribution in [-0.4, -0.2) is 49.9 Å². The second kappa shape index (κ2) is 7.56. The zero-order valence-electron chi connectivity index (χ0n) is 13.8. The predicted molar refractivity (Wildman–Crippen MR) is 93.4 cm³/mol. The Morgan fingerprint density at radius 1 is 1.32 bits per heavy atom. The van der Waals surface area contributed by atoms with Crippen LogP contribution >= 0.6 is 11.8 Å². The molecule has 0 spiro atoms. The first kappa shape index (κ1) is 17.3. The van der Waals surface area contributed by atoms with Gasteiger partial charge in [0.15, 0.2) is 5.16 Å². The Morgan fingerprint density at radius 2 is 2.08 bits per heavy atom. The van der Waals surface area contributed by atoms with Crippen LogP contribution in [0.2, 0.25) is 0 Å². The van der Waals surface area contributed by atoms with Crippen LogP contribution in [-0.2, 0) is 17.8 Å². The molecule has 1 fully saturated rings. The normalized spacial score (nSPS) is 15.2. The van der Waals surface area contributed by atoms with Crippen molar-refractivity contribution < 1.29 is 9.59 Å². The highest BCUT2D eigenvalue weighted by molar-refractivity contribution is 8.00. The molecule has 0 radical (unpaired) electrons. The molecule has 1 aromatic carbocycles. The molecule has 0 bridgehead atoms. The van der Waals surface area contributed by atoms with E-state index in [2.05, 4.69) is 15.5 Å². The van der Waals surface area contributed by atoms with Gasteiger partial charge in [-0.05, 0) is 18.9 Å². The summed E-state index contributed by atoms with van der Waals surface area (Å²) in [6, 6.07) is 9.46. The molecule has 2 heterocycles. The minimum atomic E-state index is -0.519. The molecule has 3 rings (SSSR count). The molecule has 0 saturated carbocycles. The lowest BCUT2D eigenvalue weighted by molar-refractivity contribution is -0.126. The van der Waals surface area contributed by atoms with E-state index in [1.165, 1.54) is 21.2 Å². The van der Waals surface area contributed by atoms with Crippen molar-refractivity contribution in [2.75, 3.05) is 13.1 Å². The van der Waals surface area contributed by atoms with Gasteiger partial charge in [-0.2, -0.15) is 0 Å². The SMILES string of the molecule is C[C@@H](Sc1n[nH]c(=O)n1CCc1ccccc1)C(=O)N1CCNC1=O. The maximum Gasteiger partial charge on any atom is 0.343 e. The second-order valence-corrected chi connectivity index (χ2v) is 6.99. The minimum absolute atomic E-state index is 0.287. The van der Waals surface area contributed by atoms with Crippen LogP contribution in [0.5, 0.6) is 0 Å².